The van der Waals surface area contributed by atoms with E-state index in [1.165, 1.54) is 19.5 Å². The summed E-state index contributed by atoms with van der Waals surface area (Å²) in [5.74, 6) is 0. The highest BCUT2D eigenvalue weighted by atomic mass is 15.2. The van der Waals surface area contributed by atoms with Crippen molar-refractivity contribution < 1.29 is 0 Å². The Kier molecular flexibility index (Phi) is 3.13. The molecule has 12 heavy (non-hydrogen) atoms. The maximum atomic E-state index is 3.50. The van der Waals surface area contributed by atoms with E-state index in [2.05, 4.69) is 37.9 Å². The first-order valence-electron chi connectivity index (χ1n) is 4.98. The fourth-order valence-corrected chi connectivity index (χ4v) is 1.68. The van der Waals surface area contributed by atoms with E-state index in [0.29, 0.717) is 11.6 Å². The molecule has 1 aliphatic rings. The van der Waals surface area contributed by atoms with E-state index in [9.17, 15) is 0 Å². The Morgan fingerprint density at radius 3 is 2.50 bits per heavy atom. The molecule has 1 rings (SSSR count). The first kappa shape index (κ1) is 10.0. The van der Waals surface area contributed by atoms with Crippen LogP contribution in [0.1, 0.15) is 34.1 Å². The van der Waals surface area contributed by atoms with Gasteiger partial charge in [-0.2, -0.15) is 0 Å². The molecular formula is C10H22N2. The van der Waals surface area contributed by atoms with Crippen LogP contribution in [-0.2, 0) is 0 Å². The molecule has 0 amide bonds. The van der Waals surface area contributed by atoms with E-state index in [1.54, 1.807) is 0 Å². The molecule has 0 aromatic rings. The van der Waals surface area contributed by atoms with E-state index in [-0.39, 0.29) is 0 Å². The molecular weight excluding hydrogens is 148 g/mol. The largest absolute Gasteiger partial charge is 0.313 e. The minimum absolute atomic E-state index is 0.339. The van der Waals surface area contributed by atoms with Gasteiger partial charge in [0.05, 0.1) is 0 Å². The van der Waals surface area contributed by atoms with Crippen LogP contribution in [0.5, 0.6) is 0 Å². The first-order valence-corrected chi connectivity index (χ1v) is 4.98. The van der Waals surface area contributed by atoms with Crippen molar-refractivity contribution in [2.45, 2.75) is 45.7 Å². The number of hydrogen-bond acceptors (Lipinski definition) is 2. The van der Waals surface area contributed by atoms with Gasteiger partial charge in [0, 0.05) is 31.2 Å². The van der Waals surface area contributed by atoms with Gasteiger partial charge in [0.25, 0.3) is 0 Å². The van der Waals surface area contributed by atoms with E-state index in [1.807, 2.05) is 0 Å². The Balaban J connectivity index is 2.46. The number of hydrogen-bond donors (Lipinski definition) is 1. The Hall–Kier alpha value is -0.0800. The standard InChI is InChI=1S/C10H22N2/c1-9-5-7-12(8-6-11-9)10(2,3)4/h9,11H,5-8H2,1-4H3. The summed E-state index contributed by atoms with van der Waals surface area (Å²) < 4.78 is 0. The third-order valence-electron chi connectivity index (χ3n) is 2.66. The van der Waals surface area contributed by atoms with Gasteiger partial charge in [0.1, 0.15) is 0 Å². The van der Waals surface area contributed by atoms with Crippen molar-refractivity contribution in [3.63, 3.8) is 0 Å². The molecule has 1 atom stereocenters. The lowest BCUT2D eigenvalue weighted by molar-refractivity contribution is 0.146. The molecule has 1 fully saturated rings. The Labute approximate surface area is 76.3 Å². The van der Waals surface area contributed by atoms with Crippen molar-refractivity contribution >= 4 is 0 Å². The van der Waals surface area contributed by atoms with Crippen molar-refractivity contribution in [3.8, 4) is 0 Å². The lowest BCUT2D eigenvalue weighted by atomic mass is 10.1. The lowest BCUT2D eigenvalue weighted by Crippen LogP contribution is -2.43. The predicted octanol–water partition coefficient (Wildman–Crippen LogP) is 1.47. The van der Waals surface area contributed by atoms with Crippen LogP contribution in [-0.4, -0.2) is 36.1 Å². The summed E-state index contributed by atoms with van der Waals surface area (Å²) in [7, 11) is 0. The molecule has 1 unspecified atom stereocenters. The molecule has 2 nitrogen and oxygen atoms in total. The molecule has 0 aromatic carbocycles. The molecule has 0 bridgehead atoms. The topological polar surface area (TPSA) is 15.3 Å². The van der Waals surface area contributed by atoms with Gasteiger partial charge in [-0.1, -0.05) is 0 Å². The highest BCUT2D eigenvalue weighted by molar-refractivity contribution is 4.80. The van der Waals surface area contributed by atoms with Gasteiger partial charge in [-0.15, -0.1) is 0 Å². The molecule has 0 spiro atoms. The van der Waals surface area contributed by atoms with Crippen LogP contribution in [0.3, 0.4) is 0 Å². The second-order valence-electron chi connectivity index (χ2n) is 4.80. The molecule has 0 saturated carbocycles. The highest BCUT2D eigenvalue weighted by Crippen LogP contribution is 2.14. The monoisotopic (exact) mass is 170 g/mol. The summed E-state index contributed by atoms with van der Waals surface area (Å²) in [5, 5.41) is 3.50. The summed E-state index contributed by atoms with van der Waals surface area (Å²) in [6.07, 6.45) is 1.28. The number of rotatable bonds is 0. The zero-order valence-electron chi connectivity index (χ0n) is 8.85. The van der Waals surface area contributed by atoms with E-state index < -0.39 is 0 Å². The average molecular weight is 170 g/mol. The maximum Gasteiger partial charge on any atom is 0.0125 e. The van der Waals surface area contributed by atoms with Crippen molar-refractivity contribution in [1.82, 2.24) is 10.2 Å². The van der Waals surface area contributed by atoms with Crippen LogP contribution in [0.15, 0.2) is 0 Å². The lowest BCUT2D eigenvalue weighted by Gasteiger charge is -2.34. The quantitative estimate of drug-likeness (QED) is 0.592. The summed E-state index contributed by atoms with van der Waals surface area (Å²) in [6.45, 7) is 12.7. The molecule has 0 radical (unpaired) electrons. The maximum absolute atomic E-state index is 3.50. The van der Waals surface area contributed by atoms with Crippen molar-refractivity contribution in [2.75, 3.05) is 19.6 Å². The van der Waals surface area contributed by atoms with Gasteiger partial charge in [-0.05, 0) is 34.1 Å². The van der Waals surface area contributed by atoms with Gasteiger partial charge >= 0.3 is 0 Å². The third-order valence-corrected chi connectivity index (χ3v) is 2.66. The van der Waals surface area contributed by atoms with Crippen LogP contribution in [0.2, 0.25) is 0 Å². The van der Waals surface area contributed by atoms with Crippen LogP contribution in [0.25, 0.3) is 0 Å². The predicted molar refractivity (Wildman–Crippen MR) is 53.4 cm³/mol. The Morgan fingerprint density at radius 2 is 1.92 bits per heavy atom. The van der Waals surface area contributed by atoms with Crippen LogP contribution < -0.4 is 5.32 Å². The smallest absolute Gasteiger partial charge is 0.0125 e. The molecule has 72 valence electrons. The fraction of sp³-hybridized carbons (Fsp3) is 1.00. The van der Waals surface area contributed by atoms with Gasteiger partial charge < -0.3 is 5.32 Å². The Bertz CT molecular complexity index is 137. The number of nitrogens with zero attached hydrogens (tertiary/aromatic N) is 1. The zero-order valence-corrected chi connectivity index (χ0v) is 8.85. The van der Waals surface area contributed by atoms with E-state index in [0.717, 1.165) is 6.54 Å². The summed E-state index contributed by atoms with van der Waals surface area (Å²) in [6, 6.07) is 0.692. The van der Waals surface area contributed by atoms with Crippen LogP contribution >= 0.6 is 0 Å². The van der Waals surface area contributed by atoms with Crippen LogP contribution in [0, 0.1) is 0 Å². The van der Waals surface area contributed by atoms with Gasteiger partial charge in [-0.25, -0.2) is 0 Å². The molecule has 1 heterocycles. The van der Waals surface area contributed by atoms with Crippen molar-refractivity contribution in [3.05, 3.63) is 0 Å². The SMILES string of the molecule is CC1CCN(C(C)(C)C)CCN1. The second-order valence-corrected chi connectivity index (χ2v) is 4.80. The molecule has 2 heteroatoms. The molecule has 0 aromatic heterocycles. The molecule has 0 aliphatic carbocycles. The summed E-state index contributed by atoms with van der Waals surface area (Å²) >= 11 is 0. The van der Waals surface area contributed by atoms with Gasteiger partial charge in [0.15, 0.2) is 0 Å². The van der Waals surface area contributed by atoms with Gasteiger partial charge in [-0.3, -0.25) is 4.90 Å². The van der Waals surface area contributed by atoms with Crippen LogP contribution in [0.4, 0.5) is 0 Å². The van der Waals surface area contributed by atoms with Crippen molar-refractivity contribution in [2.24, 2.45) is 0 Å². The highest BCUT2D eigenvalue weighted by Gasteiger charge is 2.22. The fourth-order valence-electron chi connectivity index (χ4n) is 1.68. The third kappa shape index (κ3) is 2.76. The zero-order chi connectivity index (χ0) is 9.19. The number of nitrogens with one attached hydrogen (secondary N) is 1. The molecule has 1 saturated heterocycles. The normalized spacial score (nSPS) is 28.5. The van der Waals surface area contributed by atoms with Gasteiger partial charge in [0.2, 0.25) is 0 Å². The van der Waals surface area contributed by atoms with E-state index >= 15 is 0 Å². The summed E-state index contributed by atoms with van der Waals surface area (Å²) in [5.41, 5.74) is 0.339. The Morgan fingerprint density at radius 1 is 1.25 bits per heavy atom. The minimum Gasteiger partial charge on any atom is -0.313 e. The van der Waals surface area contributed by atoms with Crippen molar-refractivity contribution in [1.29, 1.82) is 0 Å². The average Bonchev–Trinajstić information content (AvgIpc) is 2.11. The second kappa shape index (κ2) is 3.75. The summed E-state index contributed by atoms with van der Waals surface area (Å²) in [4.78, 5) is 2.56. The minimum atomic E-state index is 0.339. The first-order chi connectivity index (χ1) is 5.50. The molecule has 1 aliphatic heterocycles. The van der Waals surface area contributed by atoms with E-state index in [4.69, 9.17) is 0 Å². The molecule has 1 N–H and O–H groups in total.